The molecular formula is C23H27ClN2O6S. The Bertz CT molecular complexity index is 1110. The molecule has 1 amide bonds. The fourth-order valence-electron chi connectivity index (χ4n) is 3.44. The topological polar surface area (TPSA) is 111 Å². The first-order valence-electron chi connectivity index (χ1n) is 10.6. The van der Waals surface area contributed by atoms with E-state index in [0.29, 0.717) is 12.3 Å². The van der Waals surface area contributed by atoms with Crippen LogP contribution in [0.15, 0.2) is 47.4 Å². The van der Waals surface area contributed by atoms with Gasteiger partial charge in [-0.05, 0) is 48.6 Å². The highest BCUT2D eigenvalue weighted by molar-refractivity contribution is 7.89. The minimum atomic E-state index is -3.97. The molecule has 33 heavy (non-hydrogen) atoms. The summed E-state index contributed by atoms with van der Waals surface area (Å²) in [5.41, 5.74) is 1.57. The molecule has 1 fully saturated rings. The number of rotatable bonds is 9. The van der Waals surface area contributed by atoms with Gasteiger partial charge in [-0.3, -0.25) is 4.79 Å². The van der Waals surface area contributed by atoms with Gasteiger partial charge in [0, 0.05) is 18.8 Å². The number of carbonyl (C=O) groups excluding carboxylic acids is 2. The van der Waals surface area contributed by atoms with Gasteiger partial charge in [0.1, 0.15) is 4.90 Å². The molecule has 1 atom stereocenters. The summed E-state index contributed by atoms with van der Waals surface area (Å²) < 4.78 is 38.3. The lowest BCUT2D eigenvalue weighted by molar-refractivity contribution is -0.119. The minimum absolute atomic E-state index is 0.0329. The Kier molecular flexibility index (Phi) is 8.47. The number of halogens is 1. The van der Waals surface area contributed by atoms with Gasteiger partial charge in [-0.1, -0.05) is 43.6 Å². The zero-order valence-electron chi connectivity index (χ0n) is 18.5. The summed E-state index contributed by atoms with van der Waals surface area (Å²) in [6.45, 7) is 4.21. The molecule has 10 heteroatoms. The minimum Gasteiger partial charge on any atom is -0.452 e. The van der Waals surface area contributed by atoms with Gasteiger partial charge in [-0.2, -0.15) is 0 Å². The van der Waals surface area contributed by atoms with E-state index in [4.69, 9.17) is 21.1 Å². The number of sulfonamides is 1. The molecule has 1 aliphatic heterocycles. The maximum atomic E-state index is 12.7. The van der Waals surface area contributed by atoms with E-state index in [1.807, 2.05) is 26.0 Å². The largest absolute Gasteiger partial charge is 0.452 e. The number of ether oxygens (including phenoxy) is 2. The fraction of sp³-hybridized carbons (Fsp3) is 0.391. The van der Waals surface area contributed by atoms with E-state index in [2.05, 4.69) is 10.0 Å². The summed E-state index contributed by atoms with van der Waals surface area (Å²) in [7, 11) is -3.97. The fourth-order valence-corrected chi connectivity index (χ4v) is 5.03. The SMILES string of the molecule is CC(C)c1ccccc1NC(=O)COC(=O)c1ccc(Cl)c(S(=O)(=O)NCC2CCCO2)c1. The van der Waals surface area contributed by atoms with Gasteiger partial charge in [0.2, 0.25) is 10.0 Å². The zero-order valence-corrected chi connectivity index (χ0v) is 20.0. The first kappa shape index (κ1) is 25.2. The Morgan fingerprint density at radius 1 is 1.21 bits per heavy atom. The quantitative estimate of drug-likeness (QED) is 0.514. The van der Waals surface area contributed by atoms with Gasteiger partial charge in [0.15, 0.2) is 6.61 Å². The molecule has 1 heterocycles. The molecule has 0 bridgehead atoms. The lowest BCUT2D eigenvalue weighted by Gasteiger charge is -2.14. The molecule has 0 radical (unpaired) electrons. The molecule has 0 aromatic heterocycles. The second-order valence-corrected chi connectivity index (χ2v) is 10.1. The summed E-state index contributed by atoms with van der Waals surface area (Å²) in [5.74, 6) is -1.14. The van der Waals surface area contributed by atoms with Gasteiger partial charge < -0.3 is 14.8 Å². The number of amides is 1. The molecule has 8 nitrogen and oxygen atoms in total. The highest BCUT2D eigenvalue weighted by Crippen LogP contribution is 2.25. The van der Waals surface area contributed by atoms with E-state index in [1.165, 1.54) is 12.1 Å². The Morgan fingerprint density at radius 3 is 2.67 bits per heavy atom. The van der Waals surface area contributed by atoms with Crippen molar-refractivity contribution in [2.24, 2.45) is 0 Å². The van der Waals surface area contributed by atoms with E-state index in [-0.39, 0.29) is 34.0 Å². The second kappa shape index (κ2) is 11.1. The van der Waals surface area contributed by atoms with E-state index in [9.17, 15) is 18.0 Å². The van der Waals surface area contributed by atoms with E-state index in [1.54, 1.807) is 12.1 Å². The lowest BCUT2D eigenvalue weighted by atomic mass is 10.0. The Hall–Kier alpha value is -2.46. The van der Waals surface area contributed by atoms with Crippen LogP contribution >= 0.6 is 11.6 Å². The van der Waals surface area contributed by atoms with Crippen molar-refractivity contribution < 1.29 is 27.5 Å². The third kappa shape index (κ3) is 6.77. The average molecular weight is 495 g/mol. The third-order valence-corrected chi connectivity index (χ3v) is 7.08. The van der Waals surface area contributed by atoms with Crippen molar-refractivity contribution >= 4 is 39.2 Å². The van der Waals surface area contributed by atoms with Crippen LogP contribution in [0.4, 0.5) is 5.69 Å². The summed E-state index contributed by atoms with van der Waals surface area (Å²) in [5, 5.41) is 2.70. The summed E-state index contributed by atoms with van der Waals surface area (Å²) >= 11 is 6.07. The summed E-state index contributed by atoms with van der Waals surface area (Å²) in [6.07, 6.45) is 1.46. The van der Waals surface area contributed by atoms with Crippen LogP contribution in [0.3, 0.4) is 0 Å². The zero-order chi connectivity index (χ0) is 24.0. The molecule has 2 aromatic carbocycles. The maximum Gasteiger partial charge on any atom is 0.338 e. The smallest absolute Gasteiger partial charge is 0.338 e. The Labute approximate surface area is 198 Å². The Morgan fingerprint density at radius 2 is 1.97 bits per heavy atom. The molecular weight excluding hydrogens is 468 g/mol. The van der Waals surface area contributed by atoms with Crippen LogP contribution in [0.2, 0.25) is 5.02 Å². The molecule has 0 aliphatic carbocycles. The number of esters is 1. The van der Waals surface area contributed by atoms with E-state index < -0.39 is 28.5 Å². The monoisotopic (exact) mass is 494 g/mol. The van der Waals surface area contributed by atoms with Crippen molar-refractivity contribution in [3.63, 3.8) is 0 Å². The first-order chi connectivity index (χ1) is 15.7. The van der Waals surface area contributed by atoms with Gasteiger partial charge in [0.05, 0.1) is 16.7 Å². The molecule has 0 saturated carbocycles. The molecule has 178 valence electrons. The van der Waals surface area contributed by atoms with Crippen LogP contribution in [-0.4, -0.2) is 46.2 Å². The van der Waals surface area contributed by atoms with Gasteiger partial charge in [-0.25, -0.2) is 17.9 Å². The highest BCUT2D eigenvalue weighted by atomic mass is 35.5. The lowest BCUT2D eigenvalue weighted by Crippen LogP contribution is -2.32. The number of hydrogen-bond acceptors (Lipinski definition) is 6. The van der Waals surface area contributed by atoms with E-state index >= 15 is 0 Å². The molecule has 1 unspecified atom stereocenters. The average Bonchev–Trinajstić information content (AvgIpc) is 3.30. The van der Waals surface area contributed by atoms with Gasteiger partial charge in [0.25, 0.3) is 5.91 Å². The predicted octanol–water partition coefficient (Wildman–Crippen LogP) is 3.72. The highest BCUT2D eigenvalue weighted by Gasteiger charge is 2.24. The number of anilines is 1. The molecule has 2 N–H and O–H groups in total. The van der Waals surface area contributed by atoms with Crippen LogP contribution < -0.4 is 10.0 Å². The number of hydrogen-bond donors (Lipinski definition) is 2. The third-order valence-electron chi connectivity index (χ3n) is 5.17. The van der Waals surface area contributed by atoms with Crippen molar-refractivity contribution in [3.8, 4) is 0 Å². The standard InChI is InChI=1S/C23H27ClN2O6S/c1-15(2)18-7-3-4-8-20(18)26-22(27)14-32-23(28)16-9-10-19(24)21(12-16)33(29,30)25-13-17-6-5-11-31-17/h3-4,7-10,12,15,17,25H,5-6,11,13-14H2,1-2H3,(H,26,27). The first-order valence-corrected chi connectivity index (χ1v) is 12.5. The van der Waals surface area contributed by atoms with E-state index in [0.717, 1.165) is 24.5 Å². The van der Waals surface area contributed by atoms with Crippen LogP contribution in [0, 0.1) is 0 Å². The molecule has 1 aliphatic rings. The van der Waals surface area contributed by atoms with Gasteiger partial charge in [-0.15, -0.1) is 0 Å². The maximum absolute atomic E-state index is 12.7. The van der Waals surface area contributed by atoms with Crippen molar-refractivity contribution in [1.29, 1.82) is 0 Å². The van der Waals surface area contributed by atoms with Crippen molar-refractivity contribution in [1.82, 2.24) is 4.72 Å². The van der Waals surface area contributed by atoms with Gasteiger partial charge >= 0.3 is 5.97 Å². The predicted molar refractivity (Wildman–Crippen MR) is 125 cm³/mol. The normalized spacial score (nSPS) is 16.1. The van der Waals surface area contributed by atoms with Crippen LogP contribution in [0.25, 0.3) is 0 Å². The van der Waals surface area contributed by atoms with Crippen LogP contribution in [-0.2, 0) is 24.3 Å². The summed E-state index contributed by atoms with van der Waals surface area (Å²) in [6, 6.07) is 11.1. The van der Waals surface area contributed by atoms with Crippen LogP contribution in [0.1, 0.15) is 48.5 Å². The second-order valence-electron chi connectivity index (χ2n) is 8.00. The number of para-hydroxylation sites is 1. The van der Waals surface area contributed by atoms with Crippen molar-refractivity contribution in [2.75, 3.05) is 25.1 Å². The Balaban J connectivity index is 1.62. The van der Waals surface area contributed by atoms with Crippen LogP contribution in [0.5, 0.6) is 0 Å². The molecule has 2 aromatic rings. The number of carbonyl (C=O) groups is 2. The van der Waals surface area contributed by atoms with Crippen molar-refractivity contribution in [3.05, 3.63) is 58.6 Å². The van der Waals surface area contributed by atoms with Crippen molar-refractivity contribution in [2.45, 2.75) is 43.6 Å². The number of nitrogens with one attached hydrogen (secondary N) is 2. The molecule has 3 rings (SSSR count). The number of benzene rings is 2. The summed E-state index contributed by atoms with van der Waals surface area (Å²) in [4.78, 5) is 24.5. The molecule has 1 saturated heterocycles. The molecule has 0 spiro atoms.